The van der Waals surface area contributed by atoms with Gasteiger partial charge in [-0.2, -0.15) is 0 Å². The maximum absolute atomic E-state index is 5.40. The van der Waals surface area contributed by atoms with Gasteiger partial charge < -0.3 is 9.09 Å². The van der Waals surface area contributed by atoms with Crippen molar-refractivity contribution in [2.75, 3.05) is 0 Å². The maximum atomic E-state index is 5.40. The largest absolute Gasteiger partial charge is 0.356 e. The molecule has 2 aromatic heterocycles. The van der Waals surface area contributed by atoms with Crippen LogP contribution in [0.15, 0.2) is 47.4 Å². The number of aromatic nitrogens is 2. The fourth-order valence-electron chi connectivity index (χ4n) is 2.88. The predicted molar refractivity (Wildman–Crippen MR) is 77.6 cm³/mol. The summed E-state index contributed by atoms with van der Waals surface area (Å²) in [6.45, 7) is 3.01. The van der Waals surface area contributed by atoms with Crippen LogP contribution in [0.3, 0.4) is 0 Å². The van der Waals surface area contributed by atoms with Crippen LogP contribution in [-0.4, -0.2) is 9.72 Å². The zero-order valence-corrected chi connectivity index (χ0v) is 11.5. The van der Waals surface area contributed by atoms with E-state index < -0.39 is 0 Å². The summed E-state index contributed by atoms with van der Waals surface area (Å²) in [5.74, 6) is 0.953. The summed E-state index contributed by atoms with van der Waals surface area (Å²) in [7, 11) is 0. The molecule has 100 valence electrons. The zero-order valence-electron chi connectivity index (χ0n) is 11.5. The summed E-state index contributed by atoms with van der Waals surface area (Å²) in [6, 6.07) is 8.70. The van der Waals surface area contributed by atoms with E-state index in [0.717, 1.165) is 25.1 Å². The molecule has 0 saturated carbocycles. The van der Waals surface area contributed by atoms with Gasteiger partial charge in [0.25, 0.3) is 0 Å². The Balaban J connectivity index is 1.67. The van der Waals surface area contributed by atoms with Crippen LogP contribution >= 0.6 is 0 Å². The van der Waals surface area contributed by atoms with Gasteiger partial charge in [-0.1, -0.05) is 35.0 Å². The fourth-order valence-corrected chi connectivity index (χ4v) is 2.88. The number of rotatable bonds is 2. The molecule has 0 atom stereocenters. The zero-order chi connectivity index (χ0) is 13.5. The van der Waals surface area contributed by atoms with Crippen molar-refractivity contribution in [2.45, 2.75) is 26.3 Å². The molecule has 0 bridgehead atoms. The van der Waals surface area contributed by atoms with Crippen LogP contribution in [0.2, 0.25) is 0 Å². The Morgan fingerprint density at radius 2 is 1.90 bits per heavy atom. The minimum Gasteiger partial charge on any atom is -0.356 e. The molecular weight excluding hydrogens is 248 g/mol. The van der Waals surface area contributed by atoms with Gasteiger partial charge in [0, 0.05) is 30.1 Å². The monoisotopic (exact) mass is 264 g/mol. The summed E-state index contributed by atoms with van der Waals surface area (Å²) in [4.78, 5) is 0. The van der Waals surface area contributed by atoms with Crippen molar-refractivity contribution in [2.24, 2.45) is 0 Å². The Morgan fingerprint density at radius 3 is 2.75 bits per heavy atom. The molecule has 0 saturated heterocycles. The van der Waals surface area contributed by atoms with Gasteiger partial charge in [-0.25, -0.2) is 0 Å². The van der Waals surface area contributed by atoms with Gasteiger partial charge in [-0.05, 0) is 30.9 Å². The molecule has 3 aromatic rings. The van der Waals surface area contributed by atoms with E-state index in [1.165, 1.54) is 27.8 Å². The second kappa shape index (κ2) is 4.37. The first-order chi connectivity index (χ1) is 9.79. The van der Waals surface area contributed by atoms with E-state index >= 15 is 0 Å². The number of nitrogens with zero attached hydrogens (tertiary/aromatic N) is 2. The van der Waals surface area contributed by atoms with E-state index in [-0.39, 0.29) is 0 Å². The van der Waals surface area contributed by atoms with Gasteiger partial charge in [-0.3, -0.25) is 0 Å². The van der Waals surface area contributed by atoms with E-state index in [4.69, 9.17) is 4.52 Å². The van der Waals surface area contributed by atoms with Crippen molar-refractivity contribution < 1.29 is 4.52 Å². The summed E-state index contributed by atoms with van der Waals surface area (Å²) in [5.41, 5.74) is 6.41. The molecular formula is C17H16N2O. The molecule has 0 spiro atoms. The lowest BCUT2D eigenvalue weighted by molar-refractivity contribution is 0.430. The molecule has 3 nitrogen and oxygen atoms in total. The van der Waals surface area contributed by atoms with Crippen molar-refractivity contribution in [3.05, 3.63) is 65.1 Å². The van der Waals surface area contributed by atoms with Crippen molar-refractivity contribution in [3.8, 4) is 11.3 Å². The van der Waals surface area contributed by atoms with E-state index in [9.17, 15) is 0 Å². The van der Waals surface area contributed by atoms with Gasteiger partial charge in [0.1, 0.15) is 0 Å². The van der Waals surface area contributed by atoms with Crippen LogP contribution < -0.4 is 0 Å². The minimum absolute atomic E-state index is 0.900. The Hall–Kier alpha value is -2.29. The predicted octanol–water partition coefficient (Wildman–Crippen LogP) is 3.60. The lowest BCUT2D eigenvalue weighted by atomic mass is 9.95. The van der Waals surface area contributed by atoms with Crippen LogP contribution in [0.5, 0.6) is 0 Å². The average Bonchev–Trinajstić information content (AvgIpc) is 3.06. The van der Waals surface area contributed by atoms with Crippen molar-refractivity contribution in [1.29, 1.82) is 0 Å². The summed E-state index contributed by atoms with van der Waals surface area (Å²) in [6.07, 6.45) is 8.36. The highest BCUT2D eigenvalue weighted by molar-refractivity contribution is 5.67. The summed E-state index contributed by atoms with van der Waals surface area (Å²) < 4.78 is 7.64. The number of aryl methyl sites for hydroxylation is 3. The summed E-state index contributed by atoms with van der Waals surface area (Å²) >= 11 is 0. The SMILES string of the molecule is Cc1ccc(Cn2cc3c(c2)-c2oncc2CC3)cc1. The fraction of sp³-hybridized carbons (Fsp3) is 0.235. The van der Waals surface area contributed by atoms with Gasteiger partial charge in [0.15, 0.2) is 5.76 Å². The number of hydrogen-bond donors (Lipinski definition) is 0. The van der Waals surface area contributed by atoms with E-state index in [2.05, 4.69) is 53.3 Å². The third kappa shape index (κ3) is 1.86. The Kier molecular flexibility index (Phi) is 2.52. The van der Waals surface area contributed by atoms with Crippen LogP contribution in [0.25, 0.3) is 11.3 Å². The van der Waals surface area contributed by atoms with Gasteiger partial charge in [0.2, 0.25) is 0 Å². The molecule has 4 rings (SSSR count). The Labute approximate surface area is 117 Å². The van der Waals surface area contributed by atoms with Gasteiger partial charge in [-0.15, -0.1) is 0 Å². The third-order valence-electron chi connectivity index (χ3n) is 4.00. The Morgan fingerprint density at radius 1 is 1.10 bits per heavy atom. The van der Waals surface area contributed by atoms with Crippen molar-refractivity contribution in [3.63, 3.8) is 0 Å². The maximum Gasteiger partial charge on any atom is 0.171 e. The lowest BCUT2D eigenvalue weighted by Gasteiger charge is -2.07. The number of fused-ring (bicyclic) bond motifs is 3. The number of hydrogen-bond acceptors (Lipinski definition) is 2. The highest BCUT2D eigenvalue weighted by Gasteiger charge is 2.21. The molecule has 1 aromatic carbocycles. The smallest absolute Gasteiger partial charge is 0.171 e. The first-order valence-electron chi connectivity index (χ1n) is 6.98. The molecule has 20 heavy (non-hydrogen) atoms. The third-order valence-corrected chi connectivity index (χ3v) is 4.00. The highest BCUT2D eigenvalue weighted by Crippen LogP contribution is 2.34. The molecule has 0 aliphatic heterocycles. The minimum atomic E-state index is 0.900. The quantitative estimate of drug-likeness (QED) is 0.708. The van der Waals surface area contributed by atoms with E-state index in [0.29, 0.717) is 0 Å². The second-order valence-corrected chi connectivity index (χ2v) is 5.54. The lowest BCUT2D eigenvalue weighted by Crippen LogP contribution is -1.98. The van der Waals surface area contributed by atoms with Gasteiger partial charge in [0.05, 0.1) is 6.20 Å². The van der Waals surface area contributed by atoms with Crippen LogP contribution in [0.1, 0.15) is 22.3 Å². The number of benzene rings is 1. The molecule has 2 heterocycles. The second-order valence-electron chi connectivity index (χ2n) is 5.54. The first-order valence-corrected chi connectivity index (χ1v) is 6.98. The normalized spacial score (nSPS) is 13.1. The van der Waals surface area contributed by atoms with Crippen molar-refractivity contribution >= 4 is 0 Å². The van der Waals surface area contributed by atoms with Gasteiger partial charge >= 0.3 is 0 Å². The molecule has 0 N–H and O–H groups in total. The van der Waals surface area contributed by atoms with Crippen LogP contribution in [0, 0.1) is 6.92 Å². The van der Waals surface area contributed by atoms with E-state index in [1.54, 1.807) is 0 Å². The van der Waals surface area contributed by atoms with Crippen LogP contribution in [0.4, 0.5) is 0 Å². The molecule has 1 aliphatic rings. The molecule has 0 unspecified atom stereocenters. The Bertz CT molecular complexity index is 750. The molecule has 1 aliphatic carbocycles. The molecule has 3 heteroatoms. The highest BCUT2D eigenvalue weighted by atomic mass is 16.5. The topological polar surface area (TPSA) is 31.0 Å². The first kappa shape index (κ1) is 11.5. The standard InChI is InChI=1S/C17H16N2O/c1-12-2-4-13(5-3-12)9-19-10-15-7-6-14-8-18-20-17(14)16(15)11-19/h2-5,8,10-11H,6-7,9H2,1H3. The molecule has 0 amide bonds. The summed E-state index contributed by atoms with van der Waals surface area (Å²) in [5, 5.41) is 3.92. The molecule has 0 radical (unpaired) electrons. The van der Waals surface area contributed by atoms with Crippen LogP contribution in [-0.2, 0) is 19.4 Å². The average molecular weight is 264 g/mol. The van der Waals surface area contributed by atoms with E-state index in [1.807, 2.05) is 6.20 Å². The van der Waals surface area contributed by atoms with Crippen molar-refractivity contribution in [1.82, 2.24) is 9.72 Å². The molecule has 0 fully saturated rings.